The highest BCUT2D eigenvalue weighted by atomic mass is 32.3. The highest BCUT2D eigenvalue weighted by Gasteiger charge is 2.45. The number of aromatic nitrogens is 1. The number of pyridine rings is 1. The van der Waals surface area contributed by atoms with Crippen LogP contribution in [0.1, 0.15) is 24.5 Å². The van der Waals surface area contributed by atoms with E-state index in [9.17, 15) is 13.5 Å². The lowest BCUT2D eigenvalue weighted by atomic mass is 9.73. The highest BCUT2D eigenvalue weighted by Crippen LogP contribution is 2.48. The van der Waals surface area contributed by atoms with Gasteiger partial charge in [0.05, 0.1) is 18.7 Å². The third-order valence-corrected chi connectivity index (χ3v) is 7.07. The van der Waals surface area contributed by atoms with Gasteiger partial charge in [-0.05, 0) is 49.4 Å². The molecule has 1 aromatic heterocycles. The van der Waals surface area contributed by atoms with Crippen molar-refractivity contribution in [1.29, 1.82) is 0 Å². The van der Waals surface area contributed by atoms with Crippen LogP contribution in [0, 0.1) is 11.8 Å². The first-order valence-corrected chi connectivity index (χ1v) is 10.9. The van der Waals surface area contributed by atoms with E-state index in [-0.39, 0.29) is 23.1 Å². The molecule has 5 heterocycles. The van der Waals surface area contributed by atoms with Crippen molar-refractivity contribution in [2.75, 3.05) is 20.2 Å². The normalized spacial score (nSPS) is 29.3. The molecule has 2 aromatic rings. The van der Waals surface area contributed by atoms with Crippen LogP contribution in [0.25, 0.3) is 10.9 Å². The SMILES string of the molecule is C=C[C@H]1CN2CCC1C[C@H]2[C@H](O)c1c2c(nc3ccc(OC)cc13)OS(=O)(=O)O2.O. The molecule has 0 radical (unpaired) electrons. The van der Waals surface area contributed by atoms with Gasteiger partial charge >= 0.3 is 10.4 Å². The summed E-state index contributed by atoms with van der Waals surface area (Å²) in [6.07, 6.45) is 2.89. The number of nitrogens with zero attached hydrogens (tertiary/aromatic N) is 2. The largest absolute Gasteiger partial charge is 0.502 e. The Hall–Kier alpha value is -2.40. The van der Waals surface area contributed by atoms with Crippen molar-refractivity contribution in [3.05, 3.63) is 36.4 Å². The predicted molar refractivity (Wildman–Crippen MR) is 109 cm³/mol. The van der Waals surface area contributed by atoms with Gasteiger partial charge in [-0.3, -0.25) is 4.90 Å². The van der Waals surface area contributed by atoms with Crippen molar-refractivity contribution in [3.63, 3.8) is 0 Å². The van der Waals surface area contributed by atoms with Gasteiger partial charge in [0.1, 0.15) is 5.75 Å². The second-order valence-electron chi connectivity index (χ2n) is 7.81. The topological polar surface area (TPSA) is 130 Å². The number of benzene rings is 1. The zero-order valence-electron chi connectivity index (χ0n) is 16.4. The molecule has 1 aromatic carbocycles. The Labute approximate surface area is 174 Å². The molecule has 3 N–H and O–H groups in total. The first-order valence-electron chi connectivity index (χ1n) is 9.60. The van der Waals surface area contributed by atoms with E-state index in [1.54, 1.807) is 25.3 Å². The van der Waals surface area contributed by atoms with Crippen LogP contribution in [0.4, 0.5) is 0 Å². The maximum Gasteiger partial charge on any atom is 0.502 e. The summed E-state index contributed by atoms with van der Waals surface area (Å²) in [6, 6.07) is 5.01. The van der Waals surface area contributed by atoms with E-state index in [4.69, 9.17) is 13.1 Å². The maximum absolute atomic E-state index is 11.9. The number of aliphatic hydroxyl groups is 1. The summed E-state index contributed by atoms with van der Waals surface area (Å²) >= 11 is 0. The van der Waals surface area contributed by atoms with Crippen LogP contribution in [0.3, 0.4) is 0 Å². The van der Waals surface area contributed by atoms with E-state index in [0.29, 0.717) is 34.1 Å². The summed E-state index contributed by atoms with van der Waals surface area (Å²) in [4.78, 5) is 6.52. The predicted octanol–water partition coefficient (Wildman–Crippen LogP) is 1.36. The third-order valence-electron chi connectivity index (χ3n) is 6.34. The summed E-state index contributed by atoms with van der Waals surface area (Å²) in [5, 5.41) is 12.0. The first-order chi connectivity index (χ1) is 13.9. The summed E-state index contributed by atoms with van der Waals surface area (Å²) in [5.74, 6) is 1.25. The number of aliphatic hydroxyl groups excluding tert-OH is 1. The summed E-state index contributed by atoms with van der Waals surface area (Å²) in [7, 11) is -2.70. The number of fused-ring (bicyclic) bond motifs is 5. The lowest BCUT2D eigenvalue weighted by Crippen LogP contribution is -2.54. The molecular weight excluding hydrogens is 412 g/mol. The Balaban J connectivity index is 0.00000218. The van der Waals surface area contributed by atoms with Gasteiger partial charge in [0.25, 0.3) is 5.88 Å². The van der Waals surface area contributed by atoms with Gasteiger partial charge in [0.2, 0.25) is 5.75 Å². The van der Waals surface area contributed by atoms with Gasteiger partial charge < -0.3 is 23.7 Å². The molecule has 0 saturated carbocycles. The van der Waals surface area contributed by atoms with Crippen LogP contribution in [0.2, 0.25) is 0 Å². The molecule has 2 bridgehead atoms. The van der Waals surface area contributed by atoms with Gasteiger partial charge in [0, 0.05) is 23.5 Å². The zero-order valence-corrected chi connectivity index (χ0v) is 17.3. The molecule has 6 rings (SSSR count). The van der Waals surface area contributed by atoms with E-state index in [1.165, 1.54) is 0 Å². The molecular formula is C20H24N2O7S. The Morgan fingerprint density at radius 2 is 2.20 bits per heavy atom. The van der Waals surface area contributed by atoms with Gasteiger partial charge in [0.15, 0.2) is 0 Å². The second kappa shape index (κ2) is 7.38. The lowest BCUT2D eigenvalue weighted by molar-refractivity contribution is -0.0448. The van der Waals surface area contributed by atoms with Gasteiger partial charge in [-0.25, -0.2) is 4.98 Å². The van der Waals surface area contributed by atoms with Crippen molar-refractivity contribution in [2.24, 2.45) is 11.8 Å². The number of piperidine rings is 3. The quantitative estimate of drug-likeness (QED) is 0.711. The van der Waals surface area contributed by atoms with Crippen LogP contribution in [0.15, 0.2) is 30.9 Å². The Bertz CT molecular complexity index is 1100. The van der Waals surface area contributed by atoms with Crippen molar-refractivity contribution >= 4 is 21.3 Å². The first kappa shape index (κ1) is 20.9. The van der Waals surface area contributed by atoms with Crippen LogP contribution in [-0.4, -0.2) is 55.1 Å². The van der Waals surface area contributed by atoms with E-state index in [0.717, 1.165) is 25.9 Å². The lowest BCUT2D eigenvalue weighted by Gasteiger charge is -2.50. The summed E-state index contributed by atoms with van der Waals surface area (Å²) in [6.45, 7) is 5.66. The van der Waals surface area contributed by atoms with E-state index in [2.05, 4.69) is 16.5 Å². The zero-order chi connectivity index (χ0) is 20.3. The molecule has 0 spiro atoms. The average molecular weight is 436 g/mol. The van der Waals surface area contributed by atoms with Gasteiger partial charge in [-0.2, -0.15) is 0 Å². The van der Waals surface area contributed by atoms with Crippen LogP contribution < -0.4 is 13.1 Å². The molecule has 4 aliphatic heterocycles. The molecule has 0 amide bonds. The molecule has 9 nitrogen and oxygen atoms in total. The fourth-order valence-corrected chi connectivity index (χ4v) is 5.60. The molecule has 3 saturated heterocycles. The molecule has 3 fully saturated rings. The standard InChI is InChI=1S/C20H22N2O6S.H2O/c1-3-11-10-22-7-6-12(11)8-16(22)18(23)17-14-9-13(26-2)4-5-15(14)21-20-19(17)27-29(24,25)28-20;/h3-5,9,11-12,16,18,23H,1,6-8,10H2,2H3;1H2/t11-,12?,16-,18-;/m0./s1. The number of hydrogen-bond acceptors (Lipinski definition) is 8. The van der Waals surface area contributed by atoms with Crippen molar-refractivity contribution in [3.8, 4) is 17.4 Å². The third kappa shape index (κ3) is 3.20. The number of ether oxygens (including phenoxy) is 1. The molecule has 2 unspecified atom stereocenters. The minimum atomic E-state index is -4.24. The molecule has 162 valence electrons. The van der Waals surface area contributed by atoms with Gasteiger partial charge in [-0.1, -0.05) is 6.08 Å². The van der Waals surface area contributed by atoms with Crippen LogP contribution >= 0.6 is 0 Å². The number of methoxy groups -OCH3 is 1. The second-order valence-corrected chi connectivity index (χ2v) is 8.96. The Kier molecular flexibility index (Phi) is 5.13. The van der Waals surface area contributed by atoms with Crippen LogP contribution in [0.5, 0.6) is 17.4 Å². The average Bonchev–Trinajstić information content (AvgIpc) is 3.04. The summed E-state index contributed by atoms with van der Waals surface area (Å²) in [5.41, 5.74) is 0.872. The summed E-state index contributed by atoms with van der Waals surface area (Å²) < 4.78 is 39.2. The monoisotopic (exact) mass is 436 g/mol. The van der Waals surface area contributed by atoms with Crippen molar-refractivity contribution < 1.29 is 32.1 Å². The molecule has 0 aliphatic carbocycles. The number of rotatable bonds is 4. The molecule has 4 aliphatic rings. The minimum absolute atomic E-state index is 0. The fourth-order valence-electron chi connectivity index (χ4n) is 4.90. The minimum Gasteiger partial charge on any atom is -0.497 e. The van der Waals surface area contributed by atoms with E-state index >= 15 is 0 Å². The fraction of sp³-hybridized carbons (Fsp3) is 0.450. The molecule has 10 heteroatoms. The highest BCUT2D eigenvalue weighted by molar-refractivity contribution is 7.82. The molecule has 5 atom stereocenters. The number of hydrogen-bond donors (Lipinski definition) is 1. The molecule has 30 heavy (non-hydrogen) atoms. The Morgan fingerprint density at radius 1 is 1.40 bits per heavy atom. The van der Waals surface area contributed by atoms with E-state index in [1.807, 2.05) is 6.08 Å². The Morgan fingerprint density at radius 3 is 2.87 bits per heavy atom. The van der Waals surface area contributed by atoms with E-state index < -0.39 is 16.5 Å². The van der Waals surface area contributed by atoms with Crippen molar-refractivity contribution in [1.82, 2.24) is 9.88 Å². The smallest absolute Gasteiger partial charge is 0.497 e. The van der Waals surface area contributed by atoms with Crippen LogP contribution in [-0.2, 0) is 10.4 Å². The van der Waals surface area contributed by atoms with Gasteiger partial charge in [-0.15, -0.1) is 15.0 Å². The van der Waals surface area contributed by atoms with Crippen molar-refractivity contribution in [2.45, 2.75) is 25.0 Å². The maximum atomic E-state index is 11.9.